The molecule has 0 bridgehead atoms. The highest BCUT2D eigenvalue weighted by molar-refractivity contribution is 7.99. The number of nitrogens with zero attached hydrogens (tertiary/aromatic N) is 4. The van der Waals surface area contributed by atoms with Crippen LogP contribution in [0.5, 0.6) is 0 Å². The number of benzene rings is 2. The smallest absolute Gasteiger partial charge is 0.340 e. The molecule has 11 nitrogen and oxygen atoms in total. The molecule has 2 aliphatic rings. The molecule has 5 rings (SSSR count). The molecule has 0 radical (unpaired) electrons. The first kappa shape index (κ1) is 36.0. The van der Waals surface area contributed by atoms with Gasteiger partial charge in [-0.3, -0.25) is 4.79 Å². The summed E-state index contributed by atoms with van der Waals surface area (Å²) in [6, 6.07) is 13.7. The molecular formula is C35H47N5O6S2. The summed E-state index contributed by atoms with van der Waals surface area (Å²) in [6.45, 7) is 12.6. The number of esters is 1. The van der Waals surface area contributed by atoms with Crippen molar-refractivity contribution in [3.8, 4) is 11.4 Å². The lowest BCUT2D eigenvalue weighted by molar-refractivity contribution is -0.113. The molecule has 260 valence electrons. The number of rotatable bonds is 12. The predicted molar refractivity (Wildman–Crippen MR) is 186 cm³/mol. The van der Waals surface area contributed by atoms with Crippen LogP contribution in [0.4, 0.5) is 5.69 Å². The minimum atomic E-state index is -3.70. The van der Waals surface area contributed by atoms with Crippen molar-refractivity contribution in [1.82, 2.24) is 19.1 Å². The second-order valence-electron chi connectivity index (χ2n) is 13.5. The molecule has 1 aliphatic heterocycles. The van der Waals surface area contributed by atoms with Gasteiger partial charge in [-0.1, -0.05) is 77.1 Å². The monoisotopic (exact) mass is 697 g/mol. The van der Waals surface area contributed by atoms with Crippen molar-refractivity contribution in [2.75, 3.05) is 37.4 Å². The number of hydrogen-bond donors (Lipinski definition) is 1. The van der Waals surface area contributed by atoms with Crippen molar-refractivity contribution in [3.05, 3.63) is 54.1 Å². The highest BCUT2D eigenvalue weighted by Gasteiger charge is 2.34. The van der Waals surface area contributed by atoms with Crippen LogP contribution in [0.2, 0.25) is 0 Å². The Morgan fingerprint density at radius 3 is 2.52 bits per heavy atom. The Bertz CT molecular complexity index is 1690. The van der Waals surface area contributed by atoms with E-state index >= 15 is 0 Å². The normalized spacial score (nSPS) is 20.6. The number of aromatic nitrogens is 3. The highest BCUT2D eigenvalue weighted by atomic mass is 32.2. The minimum absolute atomic E-state index is 0.0284. The summed E-state index contributed by atoms with van der Waals surface area (Å²) in [4.78, 5) is 26.8. The van der Waals surface area contributed by atoms with Crippen molar-refractivity contribution >= 4 is 39.3 Å². The Kier molecular flexibility index (Phi) is 12.0. The molecule has 1 saturated heterocycles. The maximum absolute atomic E-state index is 13.4. The van der Waals surface area contributed by atoms with E-state index in [0.717, 1.165) is 19.3 Å². The van der Waals surface area contributed by atoms with Gasteiger partial charge in [-0.25, -0.2) is 13.2 Å². The van der Waals surface area contributed by atoms with Crippen molar-refractivity contribution in [1.29, 1.82) is 0 Å². The van der Waals surface area contributed by atoms with E-state index in [2.05, 4.69) is 50.1 Å². The molecular weight excluding hydrogens is 651 g/mol. The number of sulfonamides is 1. The zero-order chi connectivity index (χ0) is 34.4. The Morgan fingerprint density at radius 1 is 1.04 bits per heavy atom. The molecule has 3 atom stereocenters. The summed E-state index contributed by atoms with van der Waals surface area (Å²) >= 11 is 1.23. The van der Waals surface area contributed by atoms with Crippen LogP contribution < -0.4 is 5.32 Å². The van der Waals surface area contributed by atoms with Gasteiger partial charge < -0.3 is 19.4 Å². The number of carbonyl (C=O) groups is 2. The van der Waals surface area contributed by atoms with Gasteiger partial charge in [-0.2, -0.15) is 4.31 Å². The van der Waals surface area contributed by atoms with E-state index in [-0.39, 0.29) is 28.6 Å². The van der Waals surface area contributed by atoms with Crippen LogP contribution in [-0.2, 0) is 30.8 Å². The minimum Gasteiger partial charge on any atom is -0.458 e. The third-order valence-corrected chi connectivity index (χ3v) is 11.8. The average molecular weight is 698 g/mol. The number of hydrogen-bond acceptors (Lipinski definition) is 9. The SMILES string of the molecule is CC(C)Cn1c(SCC(=O)Nc2ccccc2C(=O)O[C@@H]2C[C@H](C)CC[C@@H]2C(C)C)nnc1-c1cccc(S(=O)(=O)N2CCOCC2)c1. The molecule has 48 heavy (non-hydrogen) atoms. The molecule has 1 saturated carbocycles. The number of anilines is 1. The van der Waals surface area contributed by atoms with Gasteiger partial charge in [0.15, 0.2) is 11.0 Å². The van der Waals surface area contributed by atoms with Crippen molar-refractivity contribution in [2.24, 2.45) is 23.7 Å². The quantitative estimate of drug-likeness (QED) is 0.180. The van der Waals surface area contributed by atoms with Gasteiger partial charge in [-0.05, 0) is 60.8 Å². The van der Waals surface area contributed by atoms with Crippen molar-refractivity contribution in [3.63, 3.8) is 0 Å². The number of morpholine rings is 1. The van der Waals surface area contributed by atoms with Gasteiger partial charge in [0.05, 0.1) is 35.1 Å². The number of thioether (sulfide) groups is 1. The fraction of sp³-hybridized carbons (Fsp3) is 0.543. The molecule has 2 heterocycles. The molecule has 13 heteroatoms. The largest absolute Gasteiger partial charge is 0.458 e. The van der Waals surface area contributed by atoms with Crippen molar-refractivity contribution in [2.45, 2.75) is 76.6 Å². The predicted octanol–water partition coefficient (Wildman–Crippen LogP) is 5.97. The lowest BCUT2D eigenvalue weighted by atomic mass is 9.75. The van der Waals surface area contributed by atoms with Crippen LogP contribution >= 0.6 is 11.8 Å². The molecule has 3 aromatic rings. The Hall–Kier alpha value is -3.26. The summed E-state index contributed by atoms with van der Waals surface area (Å²) in [5.74, 6) is 1.27. The van der Waals surface area contributed by atoms with E-state index in [1.807, 2.05) is 10.6 Å². The summed E-state index contributed by atoms with van der Waals surface area (Å²) in [5.41, 5.74) is 1.35. The average Bonchev–Trinajstić information content (AvgIpc) is 3.45. The third-order valence-electron chi connectivity index (χ3n) is 8.94. The van der Waals surface area contributed by atoms with Gasteiger partial charge in [0.25, 0.3) is 0 Å². The number of carbonyl (C=O) groups excluding carboxylic acids is 2. The number of amides is 1. The maximum Gasteiger partial charge on any atom is 0.340 e. The zero-order valence-electron chi connectivity index (χ0n) is 28.4. The van der Waals surface area contributed by atoms with E-state index in [1.165, 1.54) is 16.1 Å². The summed E-state index contributed by atoms with van der Waals surface area (Å²) in [6.07, 6.45) is 2.86. The molecule has 2 aromatic carbocycles. The first-order valence-corrected chi connectivity index (χ1v) is 19.2. The van der Waals surface area contributed by atoms with Gasteiger partial charge in [0.2, 0.25) is 15.9 Å². The highest BCUT2D eigenvalue weighted by Crippen LogP contribution is 2.36. The van der Waals surface area contributed by atoms with E-state index < -0.39 is 16.0 Å². The molecule has 1 aliphatic carbocycles. The second-order valence-corrected chi connectivity index (χ2v) is 16.4. The van der Waals surface area contributed by atoms with Gasteiger partial charge in [-0.15, -0.1) is 10.2 Å². The molecule has 1 aromatic heterocycles. The lowest BCUT2D eigenvalue weighted by Crippen LogP contribution is -2.40. The van der Waals surface area contributed by atoms with Crippen molar-refractivity contribution < 1.29 is 27.5 Å². The molecule has 2 fully saturated rings. The van der Waals surface area contributed by atoms with Crippen LogP contribution in [0.25, 0.3) is 11.4 Å². The fourth-order valence-electron chi connectivity index (χ4n) is 6.41. The topological polar surface area (TPSA) is 133 Å². The number of ether oxygens (including phenoxy) is 2. The number of para-hydroxylation sites is 1. The van der Waals surface area contributed by atoms with Gasteiger partial charge >= 0.3 is 5.97 Å². The summed E-state index contributed by atoms with van der Waals surface area (Å²) in [7, 11) is -3.70. The third kappa shape index (κ3) is 8.66. The fourth-order valence-corrected chi connectivity index (χ4v) is 8.61. The van der Waals surface area contributed by atoms with E-state index in [4.69, 9.17) is 9.47 Å². The van der Waals surface area contributed by atoms with Gasteiger partial charge in [0, 0.05) is 25.2 Å². The number of nitrogens with one attached hydrogen (secondary N) is 1. The van der Waals surface area contributed by atoms with Crippen LogP contribution in [0.1, 0.15) is 64.2 Å². The van der Waals surface area contributed by atoms with E-state index in [1.54, 1.807) is 42.5 Å². The first-order valence-electron chi connectivity index (χ1n) is 16.8. The van der Waals surface area contributed by atoms with E-state index in [9.17, 15) is 18.0 Å². The van der Waals surface area contributed by atoms with E-state index in [0.29, 0.717) is 78.4 Å². The standard InChI is InChI=1S/C35H47N5O6S2/c1-23(2)21-40-33(26-9-8-10-27(20-26)48(43,44)39-15-17-45-18-16-39)37-38-35(40)47-22-32(41)36-30-12-7-6-11-29(30)34(42)46-31-19-25(5)13-14-28(31)24(3)4/h6-12,20,23-25,28,31H,13-19,21-22H2,1-5H3,(H,36,41)/t25-,28-,31-/m1/s1. The maximum atomic E-state index is 13.4. The van der Waals surface area contributed by atoms with Crippen LogP contribution in [0.3, 0.4) is 0 Å². The second kappa shape index (κ2) is 16.0. The van der Waals surface area contributed by atoms with Crippen LogP contribution in [0.15, 0.2) is 58.6 Å². The first-order chi connectivity index (χ1) is 22.9. The Balaban J connectivity index is 1.29. The summed E-state index contributed by atoms with van der Waals surface area (Å²) < 4.78 is 41.4. The summed E-state index contributed by atoms with van der Waals surface area (Å²) in [5, 5.41) is 12.2. The Morgan fingerprint density at radius 2 is 1.79 bits per heavy atom. The molecule has 0 spiro atoms. The van der Waals surface area contributed by atoms with Gasteiger partial charge in [0.1, 0.15) is 6.10 Å². The van der Waals surface area contributed by atoms with Crippen LogP contribution in [-0.4, -0.2) is 77.5 Å². The lowest BCUT2D eigenvalue weighted by Gasteiger charge is -2.36. The zero-order valence-corrected chi connectivity index (χ0v) is 30.1. The van der Waals surface area contributed by atoms with Crippen LogP contribution in [0, 0.1) is 23.7 Å². The Labute approximate surface area is 288 Å². The molecule has 1 amide bonds. The molecule has 1 N–H and O–H groups in total. The molecule has 0 unspecified atom stereocenters.